The van der Waals surface area contributed by atoms with Gasteiger partial charge in [0.15, 0.2) is 5.82 Å². The van der Waals surface area contributed by atoms with Gasteiger partial charge in [-0.3, -0.25) is 14.9 Å². The first kappa shape index (κ1) is 16.9. The molecule has 2 amide bonds. The Morgan fingerprint density at radius 2 is 2.28 bits per heavy atom. The van der Waals surface area contributed by atoms with Gasteiger partial charge < -0.3 is 10.1 Å². The highest BCUT2D eigenvalue weighted by molar-refractivity contribution is 6.00. The van der Waals surface area contributed by atoms with Crippen LogP contribution in [-0.2, 0) is 16.0 Å². The van der Waals surface area contributed by atoms with Crippen molar-refractivity contribution in [1.29, 1.82) is 0 Å². The van der Waals surface area contributed by atoms with E-state index in [9.17, 15) is 9.59 Å². The summed E-state index contributed by atoms with van der Waals surface area (Å²) in [7, 11) is 1.56. The Labute approximate surface area is 145 Å². The van der Waals surface area contributed by atoms with Gasteiger partial charge in [-0.15, -0.1) is 0 Å². The summed E-state index contributed by atoms with van der Waals surface area (Å²) in [5.41, 5.74) is 0.597. The number of methoxy groups -OCH3 is 1. The predicted molar refractivity (Wildman–Crippen MR) is 92.5 cm³/mol. The third kappa shape index (κ3) is 3.78. The summed E-state index contributed by atoms with van der Waals surface area (Å²) in [6.07, 6.45) is 0.702. The van der Waals surface area contributed by atoms with E-state index >= 15 is 0 Å². The van der Waals surface area contributed by atoms with E-state index in [1.54, 1.807) is 31.4 Å². The number of aromatic nitrogens is 3. The zero-order valence-electron chi connectivity index (χ0n) is 14.4. The maximum Gasteiger partial charge on any atom is 0.249 e. The van der Waals surface area contributed by atoms with Gasteiger partial charge in [-0.25, -0.2) is 4.68 Å². The van der Waals surface area contributed by atoms with E-state index in [2.05, 4.69) is 34.6 Å². The lowest BCUT2D eigenvalue weighted by Gasteiger charge is -2.22. The Balaban J connectivity index is 1.83. The highest BCUT2D eigenvalue weighted by atomic mass is 16.5. The summed E-state index contributed by atoms with van der Waals surface area (Å²) in [5, 5.41) is 9.89. The molecule has 25 heavy (non-hydrogen) atoms. The molecule has 0 fully saturated rings. The molecule has 0 saturated heterocycles. The summed E-state index contributed by atoms with van der Waals surface area (Å²) in [6.45, 7) is 4.12. The molecule has 0 aliphatic carbocycles. The van der Waals surface area contributed by atoms with Crippen molar-refractivity contribution >= 4 is 23.5 Å². The molecular formula is C17H21N5O3. The minimum absolute atomic E-state index is 0.0211. The number of hydrogen-bond acceptors (Lipinski definition) is 5. The van der Waals surface area contributed by atoms with Crippen molar-refractivity contribution in [2.24, 2.45) is 5.92 Å². The average molecular weight is 343 g/mol. The van der Waals surface area contributed by atoms with Crippen molar-refractivity contribution in [3.05, 3.63) is 30.1 Å². The number of rotatable bonds is 5. The van der Waals surface area contributed by atoms with E-state index in [1.165, 1.54) is 4.68 Å². The molecule has 1 aromatic heterocycles. The van der Waals surface area contributed by atoms with E-state index in [4.69, 9.17) is 4.74 Å². The quantitative estimate of drug-likeness (QED) is 0.865. The molecule has 132 valence electrons. The van der Waals surface area contributed by atoms with Crippen molar-refractivity contribution in [2.45, 2.75) is 32.7 Å². The summed E-state index contributed by atoms with van der Waals surface area (Å²) < 4.78 is 6.65. The Morgan fingerprint density at radius 3 is 3.00 bits per heavy atom. The van der Waals surface area contributed by atoms with Crippen LogP contribution in [0.25, 0.3) is 0 Å². The number of fused-ring (bicyclic) bond motifs is 1. The van der Waals surface area contributed by atoms with Crippen LogP contribution in [0.5, 0.6) is 5.75 Å². The largest absolute Gasteiger partial charge is 0.497 e. The van der Waals surface area contributed by atoms with Gasteiger partial charge >= 0.3 is 0 Å². The van der Waals surface area contributed by atoms with E-state index in [0.29, 0.717) is 35.5 Å². The Kier molecular flexibility index (Phi) is 4.69. The van der Waals surface area contributed by atoms with E-state index in [1.807, 2.05) is 0 Å². The Bertz CT molecular complexity index is 799. The smallest absolute Gasteiger partial charge is 0.249 e. The van der Waals surface area contributed by atoms with Crippen molar-refractivity contribution in [3.63, 3.8) is 0 Å². The molecule has 1 aliphatic heterocycles. The fraction of sp³-hybridized carbons (Fsp3) is 0.412. The maximum atomic E-state index is 12.7. The number of amides is 2. The number of nitrogens with one attached hydrogen (secondary N) is 2. The normalized spacial score (nSPS) is 16.3. The fourth-order valence-electron chi connectivity index (χ4n) is 2.69. The van der Waals surface area contributed by atoms with E-state index in [-0.39, 0.29) is 18.2 Å². The Hall–Kier alpha value is -2.90. The number of nitrogens with zero attached hydrogens (tertiary/aromatic N) is 3. The van der Waals surface area contributed by atoms with Gasteiger partial charge in [-0.2, -0.15) is 10.1 Å². The van der Waals surface area contributed by atoms with E-state index in [0.717, 1.165) is 0 Å². The predicted octanol–water partition coefficient (Wildman–Crippen LogP) is 2.01. The number of benzene rings is 1. The molecule has 8 heteroatoms. The molecule has 8 nitrogen and oxygen atoms in total. The zero-order valence-corrected chi connectivity index (χ0v) is 14.4. The zero-order chi connectivity index (χ0) is 18.0. The van der Waals surface area contributed by atoms with Gasteiger partial charge in [-0.05, 0) is 18.1 Å². The maximum absolute atomic E-state index is 12.7. The molecule has 1 aromatic carbocycles. The molecule has 0 radical (unpaired) electrons. The van der Waals surface area contributed by atoms with Crippen LogP contribution in [0, 0.1) is 5.92 Å². The second-order valence-corrected chi connectivity index (χ2v) is 6.38. The molecular weight excluding hydrogens is 322 g/mol. The number of carbonyl (C=O) groups excluding carboxylic acids is 2. The third-order valence-corrected chi connectivity index (χ3v) is 3.83. The van der Waals surface area contributed by atoms with Crippen molar-refractivity contribution in [3.8, 4) is 5.75 Å². The standard InChI is InChI=1S/C17H21N5O3/c1-10(2)7-14-19-17-20-15(23)9-13(22(17)21-14)16(24)18-11-5-4-6-12(8-11)25-3/h4-6,8,10,13H,7,9H2,1-3H3,(H,18,24)(H,19,20,21,23)/t13-/m1/s1. The first-order valence-corrected chi connectivity index (χ1v) is 8.16. The summed E-state index contributed by atoms with van der Waals surface area (Å²) in [6, 6.07) is 6.31. The fourth-order valence-corrected chi connectivity index (χ4v) is 2.69. The van der Waals surface area contributed by atoms with Gasteiger partial charge in [0.2, 0.25) is 17.8 Å². The summed E-state index contributed by atoms with van der Waals surface area (Å²) in [5.74, 6) is 1.39. The van der Waals surface area contributed by atoms with Crippen LogP contribution in [0.1, 0.15) is 32.1 Å². The van der Waals surface area contributed by atoms with Crippen LogP contribution < -0.4 is 15.4 Å². The van der Waals surface area contributed by atoms with Crippen molar-refractivity contribution < 1.29 is 14.3 Å². The van der Waals surface area contributed by atoms with E-state index < -0.39 is 6.04 Å². The second kappa shape index (κ2) is 6.92. The average Bonchev–Trinajstić information content (AvgIpc) is 2.95. The summed E-state index contributed by atoms with van der Waals surface area (Å²) >= 11 is 0. The highest BCUT2D eigenvalue weighted by Gasteiger charge is 2.33. The van der Waals surface area contributed by atoms with Crippen LogP contribution in [0.3, 0.4) is 0 Å². The molecule has 3 rings (SSSR count). The van der Waals surface area contributed by atoms with Crippen LogP contribution in [0.4, 0.5) is 11.6 Å². The molecule has 0 saturated carbocycles. The molecule has 0 unspecified atom stereocenters. The number of anilines is 2. The number of hydrogen-bond donors (Lipinski definition) is 2. The molecule has 2 N–H and O–H groups in total. The second-order valence-electron chi connectivity index (χ2n) is 6.38. The lowest BCUT2D eigenvalue weighted by atomic mass is 10.1. The SMILES string of the molecule is COc1cccc(NC(=O)[C@H]2CC(=O)Nc3nc(CC(C)C)nn32)c1. The molecule has 0 spiro atoms. The van der Waals surface area contributed by atoms with Gasteiger partial charge in [0.05, 0.1) is 13.5 Å². The first-order valence-electron chi connectivity index (χ1n) is 8.16. The molecule has 0 bridgehead atoms. The monoisotopic (exact) mass is 343 g/mol. The Morgan fingerprint density at radius 1 is 1.48 bits per heavy atom. The number of carbonyl (C=O) groups is 2. The number of ether oxygens (including phenoxy) is 1. The van der Waals surface area contributed by atoms with Gasteiger partial charge in [0, 0.05) is 18.2 Å². The lowest BCUT2D eigenvalue weighted by Crippen LogP contribution is -2.36. The van der Waals surface area contributed by atoms with Gasteiger partial charge in [0.25, 0.3) is 0 Å². The molecule has 1 atom stereocenters. The summed E-state index contributed by atoms with van der Waals surface area (Å²) in [4.78, 5) is 28.9. The van der Waals surface area contributed by atoms with Crippen LogP contribution in [-0.4, -0.2) is 33.7 Å². The van der Waals surface area contributed by atoms with Crippen molar-refractivity contribution in [1.82, 2.24) is 14.8 Å². The third-order valence-electron chi connectivity index (χ3n) is 3.83. The minimum Gasteiger partial charge on any atom is -0.497 e. The van der Waals surface area contributed by atoms with Crippen molar-refractivity contribution in [2.75, 3.05) is 17.7 Å². The topological polar surface area (TPSA) is 98.1 Å². The highest BCUT2D eigenvalue weighted by Crippen LogP contribution is 2.25. The van der Waals surface area contributed by atoms with Crippen LogP contribution >= 0.6 is 0 Å². The van der Waals surface area contributed by atoms with Gasteiger partial charge in [0.1, 0.15) is 11.8 Å². The van der Waals surface area contributed by atoms with Crippen LogP contribution in [0.2, 0.25) is 0 Å². The minimum atomic E-state index is -0.733. The molecule has 2 heterocycles. The first-order chi connectivity index (χ1) is 12.0. The molecule has 2 aromatic rings. The molecule has 1 aliphatic rings. The van der Waals surface area contributed by atoms with Gasteiger partial charge in [-0.1, -0.05) is 19.9 Å². The van der Waals surface area contributed by atoms with Crippen LogP contribution in [0.15, 0.2) is 24.3 Å². The lowest BCUT2D eigenvalue weighted by molar-refractivity contribution is -0.125.